The number of benzene rings is 1. The highest BCUT2D eigenvalue weighted by molar-refractivity contribution is 6.29. The molecule has 0 radical (unpaired) electrons. The molecule has 6 rings (SSSR count). The van der Waals surface area contributed by atoms with Crippen LogP contribution in [0.5, 0.6) is 0 Å². The summed E-state index contributed by atoms with van der Waals surface area (Å²) in [7, 11) is 0. The van der Waals surface area contributed by atoms with Crippen LogP contribution in [0.15, 0.2) is 29.1 Å². The molecule has 30 heavy (non-hydrogen) atoms. The monoisotopic (exact) mass is 425 g/mol. The topological polar surface area (TPSA) is 38.1 Å². The van der Waals surface area contributed by atoms with Gasteiger partial charge in [0.05, 0.1) is 11.0 Å². The first kappa shape index (κ1) is 19.3. The van der Waals surface area contributed by atoms with Crippen molar-refractivity contribution < 1.29 is 0 Å². The molecule has 4 aliphatic rings. The van der Waals surface area contributed by atoms with Gasteiger partial charge < -0.3 is 4.57 Å². The van der Waals surface area contributed by atoms with E-state index in [4.69, 9.17) is 11.6 Å². The molecule has 3 heterocycles. The highest BCUT2D eigenvalue weighted by atomic mass is 35.5. The molecule has 4 nitrogen and oxygen atoms in total. The highest BCUT2D eigenvalue weighted by Crippen LogP contribution is 2.47. The molecular weight excluding hydrogens is 394 g/mol. The Balaban J connectivity index is 1.32. The lowest BCUT2D eigenvalue weighted by Gasteiger charge is -2.55. The quantitative estimate of drug-likeness (QED) is 0.630. The maximum atomic E-state index is 13.1. The zero-order valence-corrected chi connectivity index (χ0v) is 18.4. The van der Waals surface area contributed by atoms with Crippen molar-refractivity contribution in [2.75, 3.05) is 0 Å². The Labute approximate surface area is 183 Å². The van der Waals surface area contributed by atoms with Crippen molar-refractivity contribution in [1.82, 2.24) is 14.5 Å². The molecule has 1 aromatic heterocycles. The molecular formula is C25H32ClN3O. The van der Waals surface area contributed by atoms with Gasteiger partial charge in [0, 0.05) is 24.2 Å². The van der Waals surface area contributed by atoms with E-state index in [9.17, 15) is 4.79 Å². The predicted molar refractivity (Wildman–Crippen MR) is 121 cm³/mol. The summed E-state index contributed by atoms with van der Waals surface area (Å²) in [6, 6.07) is 10.2. The van der Waals surface area contributed by atoms with Crippen LogP contribution in [0.1, 0.15) is 76.7 Å². The fourth-order valence-corrected chi connectivity index (χ4v) is 7.81. The number of nitrogens with zero attached hydrogens (tertiary/aromatic N) is 3. The summed E-state index contributed by atoms with van der Waals surface area (Å²) in [5, 5.41) is 0.112. The lowest BCUT2D eigenvalue weighted by Crippen LogP contribution is -2.58. The minimum absolute atomic E-state index is 0.112. The second-order valence-electron chi connectivity index (χ2n) is 10.4. The average molecular weight is 426 g/mol. The van der Waals surface area contributed by atoms with Crippen LogP contribution < -0.4 is 5.56 Å². The average Bonchev–Trinajstić information content (AvgIpc) is 2.73. The number of hydrogen-bond donors (Lipinski definition) is 0. The molecule has 2 aliphatic heterocycles. The third kappa shape index (κ3) is 3.22. The van der Waals surface area contributed by atoms with E-state index < -0.39 is 0 Å². The SMILES string of the molecule is O=c1c(Cl)nc2ccccc2n1C1C[C@H]2CCC[C@@H](C1)N2C1C[C@H]2CCC[C@@H](C1)C2. The van der Waals surface area contributed by atoms with E-state index >= 15 is 0 Å². The summed E-state index contributed by atoms with van der Waals surface area (Å²) >= 11 is 6.28. The molecule has 0 N–H and O–H groups in total. The zero-order valence-electron chi connectivity index (χ0n) is 17.7. The predicted octanol–water partition coefficient (Wildman–Crippen LogP) is 5.58. The number of piperidine rings is 2. The van der Waals surface area contributed by atoms with Gasteiger partial charge in [0.2, 0.25) is 0 Å². The number of halogens is 1. The van der Waals surface area contributed by atoms with Gasteiger partial charge in [-0.1, -0.05) is 49.4 Å². The fraction of sp³-hybridized carbons (Fsp3) is 0.680. The molecule has 2 aromatic rings. The van der Waals surface area contributed by atoms with Crippen LogP contribution >= 0.6 is 11.6 Å². The molecule has 5 heteroatoms. The third-order valence-corrected chi connectivity index (χ3v) is 8.90. The number of aromatic nitrogens is 2. The lowest BCUT2D eigenvalue weighted by molar-refractivity contribution is -0.0485. The molecule has 1 aromatic carbocycles. The molecule has 160 valence electrons. The van der Waals surface area contributed by atoms with Crippen LogP contribution in [0.4, 0.5) is 0 Å². The van der Waals surface area contributed by atoms with E-state index in [2.05, 4.69) is 9.88 Å². The fourth-order valence-electron chi connectivity index (χ4n) is 7.62. The number of para-hydroxylation sites is 2. The van der Waals surface area contributed by atoms with E-state index in [0.717, 1.165) is 41.8 Å². The second-order valence-corrected chi connectivity index (χ2v) is 10.8. The van der Waals surface area contributed by atoms with Crippen molar-refractivity contribution in [1.29, 1.82) is 0 Å². The van der Waals surface area contributed by atoms with Crippen LogP contribution in [-0.2, 0) is 0 Å². The molecule has 2 saturated heterocycles. The van der Waals surface area contributed by atoms with Gasteiger partial charge in [0.15, 0.2) is 5.15 Å². The Morgan fingerprint density at radius 3 is 2.20 bits per heavy atom. The van der Waals surface area contributed by atoms with Crippen LogP contribution in [0.2, 0.25) is 5.15 Å². The molecule has 2 aliphatic carbocycles. The van der Waals surface area contributed by atoms with E-state index in [1.54, 1.807) is 0 Å². The van der Waals surface area contributed by atoms with E-state index in [1.807, 2.05) is 28.8 Å². The van der Waals surface area contributed by atoms with Crippen molar-refractivity contribution >= 4 is 22.6 Å². The summed E-state index contributed by atoms with van der Waals surface area (Å²) in [5.74, 6) is 1.93. The van der Waals surface area contributed by atoms with Crippen molar-refractivity contribution in [2.24, 2.45) is 11.8 Å². The largest absolute Gasteiger partial charge is 0.301 e. The highest BCUT2D eigenvalue weighted by Gasteiger charge is 2.45. The number of rotatable bonds is 2. The third-order valence-electron chi connectivity index (χ3n) is 8.65. The van der Waals surface area contributed by atoms with Crippen molar-refractivity contribution in [3.63, 3.8) is 0 Å². The van der Waals surface area contributed by atoms with Crippen molar-refractivity contribution in [3.05, 3.63) is 39.8 Å². The minimum Gasteiger partial charge on any atom is -0.301 e. The molecule has 0 amide bonds. The smallest absolute Gasteiger partial charge is 0.288 e. The second kappa shape index (κ2) is 7.63. The standard InChI is InChI=1S/C25H32ClN3O/c26-24-25(30)29(23-10-2-1-9-22(23)27-24)21-14-18-7-4-8-19(15-21)28(18)20-12-16-5-3-6-17(11-16)13-20/h1-2,9-10,16-21H,3-8,11-15H2/t16-,17+,18-,19+,20?,21?. The minimum atomic E-state index is -0.112. The van der Waals surface area contributed by atoms with Crippen molar-refractivity contribution in [2.45, 2.75) is 94.8 Å². The van der Waals surface area contributed by atoms with Crippen LogP contribution in [0.3, 0.4) is 0 Å². The maximum absolute atomic E-state index is 13.1. The van der Waals surface area contributed by atoms with Gasteiger partial charge in [-0.05, 0) is 68.9 Å². The molecule has 6 atom stereocenters. The Morgan fingerprint density at radius 2 is 1.47 bits per heavy atom. The lowest BCUT2D eigenvalue weighted by atomic mass is 9.68. The van der Waals surface area contributed by atoms with Crippen LogP contribution in [0, 0.1) is 11.8 Å². The van der Waals surface area contributed by atoms with E-state index in [-0.39, 0.29) is 16.8 Å². The molecule has 4 fully saturated rings. The zero-order chi connectivity index (χ0) is 20.2. The molecule has 4 bridgehead atoms. The van der Waals surface area contributed by atoms with E-state index in [1.165, 1.54) is 57.8 Å². The first-order chi connectivity index (χ1) is 14.7. The van der Waals surface area contributed by atoms with Gasteiger partial charge in [0.1, 0.15) is 0 Å². The van der Waals surface area contributed by atoms with Crippen LogP contribution in [-0.4, -0.2) is 32.6 Å². The number of hydrogen-bond acceptors (Lipinski definition) is 3. The van der Waals surface area contributed by atoms with Crippen molar-refractivity contribution in [3.8, 4) is 0 Å². The van der Waals surface area contributed by atoms with Gasteiger partial charge in [-0.2, -0.15) is 0 Å². The summed E-state index contributed by atoms with van der Waals surface area (Å²) < 4.78 is 1.99. The first-order valence-electron chi connectivity index (χ1n) is 12.1. The van der Waals surface area contributed by atoms with Crippen LogP contribution in [0.25, 0.3) is 11.0 Å². The first-order valence-corrected chi connectivity index (χ1v) is 12.5. The normalized spacial score (nSPS) is 36.7. The summed E-state index contributed by atoms with van der Waals surface area (Å²) in [5.41, 5.74) is 1.66. The maximum Gasteiger partial charge on any atom is 0.288 e. The summed E-state index contributed by atoms with van der Waals surface area (Å²) in [4.78, 5) is 20.4. The summed E-state index contributed by atoms with van der Waals surface area (Å²) in [6.07, 6.45) is 14.7. The Bertz CT molecular complexity index is 978. The summed E-state index contributed by atoms with van der Waals surface area (Å²) in [6.45, 7) is 0. The van der Waals surface area contributed by atoms with Gasteiger partial charge >= 0.3 is 0 Å². The van der Waals surface area contributed by atoms with Gasteiger partial charge in [-0.15, -0.1) is 0 Å². The van der Waals surface area contributed by atoms with Gasteiger partial charge in [-0.25, -0.2) is 4.98 Å². The molecule has 2 unspecified atom stereocenters. The Morgan fingerprint density at radius 1 is 0.800 bits per heavy atom. The van der Waals surface area contributed by atoms with E-state index in [0.29, 0.717) is 12.1 Å². The number of fused-ring (bicyclic) bond motifs is 5. The Kier molecular flexibility index (Phi) is 4.91. The molecule has 2 saturated carbocycles. The molecule has 0 spiro atoms. The van der Waals surface area contributed by atoms with Gasteiger partial charge in [0.25, 0.3) is 5.56 Å². The Hall–Kier alpha value is -1.39. The van der Waals surface area contributed by atoms with Gasteiger partial charge in [-0.3, -0.25) is 9.69 Å².